The summed E-state index contributed by atoms with van der Waals surface area (Å²) < 4.78 is 0. The van der Waals surface area contributed by atoms with E-state index in [1.807, 2.05) is 22.9 Å². The van der Waals surface area contributed by atoms with Gasteiger partial charge < -0.3 is 0 Å². The fraction of sp³-hybridized carbons (Fsp3) is 0. The highest BCUT2D eigenvalue weighted by Crippen LogP contribution is 2.27. The van der Waals surface area contributed by atoms with E-state index in [9.17, 15) is 0 Å². The van der Waals surface area contributed by atoms with E-state index in [1.54, 1.807) is 22.7 Å². The Balaban J connectivity index is 2.29. The molecule has 0 bridgehead atoms. The average molecular weight is 209 g/mol. The second-order valence-electron chi connectivity index (χ2n) is 2.47. The smallest absolute Gasteiger partial charge is 0.130 e. The van der Waals surface area contributed by atoms with Crippen LogP contribution >= 0.6 is 22.7 Å². The molecule has 0 aliphatic heterocycles. The molecule has 2 aromatic heterocycles. The first-order valence-corrected chi connectivity index (χ1v) is 5.59. The Morgan fingerprint density at radius 3 is 1.92 bits per heavy atom. The lowest BCUT2D eigenvalue weighted by molar-refractivity contribution is 0.827. The molecule has 3 N–H and O–H groups in total. The van der Waals surface area contributed by atoms with Crippen molar-refractivity contribution in [2.45, 2.75) is 0 Å². The van der Waals surface area contributed by atoms with E-state index in [2.05, 4.69) is 17.6 Å². The lowest BCUT2D eigenvalue weighted by Gasteiger charge is -2.09. The molecular weight excluding hydrogens is 200 g/mol. The summed E-state index contributed by atoms with van der Waals surface area (Å²) in [5.41, 5.74) is 2.74. The van der Waals surface area contributed by atoms with Gasteiger partial charge in [0.05, 0.1) is 0 Å². The second kappa shape index (κ2) is 4.02. The highest BCUT2D eigenvalue weighted by atomic mass is 32.1. The lowest BCUT2D eigenvalue weighted by Crippen LogP contribution is -2.28. The predicted molar refractivity (Wildman–Crippen MR) is 57.4 cm³/mol. The van der Waals surface area contributed by atoms with Crippen LogP contribution in [0.4, 0.5) is 0 Å². The molecule has 2 heterocycles. The highest BCUT2D eigenvalue weighted by Gasteiger charge is 2.14. The topological polar surface area (TPSA) is 38.0 Å². The molecule has 13 heavy (non-hydrogen) atoms. The van der Waals surface area contributed by atoms with Crippen LogP contribution < -0.4 is 11.3 Å². The first-order valence-electron chi connectivity index (χ1n) is 3.83. The van der Waals surface area contributed by atoms with Gasteiger partial charge in [-0.05, 0) is 22.9 Å². The van der Waals surface area contributed by atoms with Crippen LogP contribution in [-0.2, 0) is 0 Å². The van der Waals surface area contributed by atoms with Gasteiger partial charge in [0, 0.05) is 9.75 Å². The van der Waals surface area contributed by atoms with Crippen molar-refractivity contribution in [1.82, 2.24) is 5.43 Å². The standard InChI is InChI=1S/C9H9N2S2/c10-11-9(7-3-1-5-12-7)8-4-2-6-13-8/h1-6,11H,10H2. The molecule has 0 fully saturated rings. The van der Waals surface area contributed by atoms with Crippen molar-refractivity contribution >= 4 is 22.7 Å². The minimum absolute atomic E-state index is 1.00. The normalized spacial score (nSPS) is 10.9. The van der Waals surface area contributed by atoms with Crippen LogP contribution in [0.1, 0.15) is 9.75 Å². The van der Waals surface area contributed by atoms with Crippen LogP contribution in [0.15, 0.2) is 35.0 Å². The number of rotatable bonds is 3. The van der Waals surface area contributed by atoms with Gasteiger partial charge in [0.15, 0.2) is 0 Å². The number of hydrogen-bond donors (Lipinski definition) is 2. The number of hydrazine groups is 1. The summed E-state index contributed by atoms with van der Waals surface area (Å²) in [5, 5.41) is 4.08. The second-order valence-corrected chi connectivity index (χ2v) is 4.37. The zero-order chi connectivity index (χ0) is 9.10. The van der Waals surface area contributed by atoms with E-state index in [0.29, 0.717) is 0 Å². The Kier molecular flexibility index (Phi) is 2.75. The molecule has 2 aromatic rings. The van der Waals surface area contributed by atoms with Crippen molar-refractivity contribution in [2.24, 2.45) is 5.84 Å². The first kappa shape index (κ1) is 8.90. The molecule has 1 radical (unpaired) electrons. The highest BCUT2D eigenvalue weighted by molar-refractivity contribution is 7.12. The monoisotopic (exact) mass is 209 g/mol. The van der Waals surface area contributed by atoms with Gasteiger partial charge in [0.25, 0.3) is 0 Å². The zero-order valence-corrected chi connectivity index (χ0v) is 8.49. The minimum atomic E-state index is 1.00. The lowest BCUT2D eigenvalue weighted by atomic mass is 10.2. The molecule has 0 aromatic carbocycles. The molecule has 67 valence electrons. The van der Waals surface area contributed by atoms with Gasteiger partial charge in [-0.15, -0.1) is 22.7 Å². The van der Waals surface area contributed by atoms with Crippen LogP contribution in [0.25, 0.3) is 0 Å². The third kappa shape index (κ3) is 1.81. The molecule has 2 nitrogen and oxygen atoms in total. The van der Waals surface area contributed by atoms with Crippen molar-refractivity contribution in [3.05, 3.63) is 50.8 Å². The maximum absolute atomic E-state index is 5.48. The van der Waals surface area contributed by atoms with Crippen molar-refractivity contribution in [1.29, 1.82) is 0 Å². The van der Waals surface area contributed by atoms with Crippen molar-refractivity contribution in [3.63, 3.8) is 0 Å². The SMILES string of the molecule is NN[C](c1cccs1)c1cccs1. The Morgan fingerprint density at radius 1 is 1.08 bits per heavy atom. The fourth-order valence-electron chi connectivity index (χ4n) is 1.11. The molecule has 0 atom stereocenters. The number of hydrogen-bond acceptors (Lipinski definition) is 4. The van der Waals surface area contributed by atoms with E-state index in [0.717, 1.165) is 6.04 Å². The quantitative estimate of drug-likeness (QED) is 0.601. The predicted octanol–water partition coefficient (Wildman–Crippen LogP) is 2.20. The number of nitrogens with two attached hydrogens (primary N) is 1. The van der Waals surface area contributed by atoms with Crippen LogP contribution in [0.3, 0.4) is 0 Å². The third-order valence-corrected chi connectivity index (χ3v) is 3.45. The number of nitrogens with one attached hydrogen (secondary N) is 1. The molecule has 0 spiro atoms. The van der Waals surface area contributed by atoms with Gasteiger partial charge in [-0.1, -0.05) is 12.1 Å². The summed E-state index contributed by atoms with van der Waals surface area (Å²) in [7, 11) is 0. The molecule has 0 saturated heterocycles. The summed E-state index contributed by atoms with van der Waals surface area (Å²) in [4.78, 5) is 2.34. The fourth-order valence-corrected chi connectivity index (χ4v) is 2.67. The van der Waals surface area contributed by atoms with Crippen molar-refractivity contribution < 1.29 is 0 Å². The summed E-state index contributed by atoms with van der Waals surface area (Å²) in [6.45, 7) is 0. The van der Waals surface area contributed by atoms with Crippen LogP contribution in [0.2, 0.25) is 0 Å². The summed E-state index contributed by atoms with van der Waals surface area (Å²) >= 11 is 3.36. The van der Waals surface area contributed by atoms with E-state index in [-0.39, 0.29) is 0 Å². The Labute approximate surface area is 85.0 Å². The van der Waals surface area contributed by atoms with Gasteiger partial charge in [-0.3, -0.25) is 5.84 Å². The molecular formula is C9H9N2S2. The molecule has 0 aliphatic rings. The summed E-state index contributed by atoms with van der Waals surface area (Å²) in [6.07, 6.45) is 0. The summed E-state index contributed by atoms with van der Waals surface area (Å²) in [6, 6.07) is 9.15. The van der Waals surface area contributed by atoms with Gasteiger partial charge in [-0.2, -0.15) is 0 Å². The number of thiophene rings is 2. The average Bonchev–Trinajstić information content (AvgIpc) is 2.76. The largest absolute Gasteiger partial charge is 0.270 e. The molecule has 0 amide bonds. The zero-order valence-electron chi connectivity index (χ0n) is 6.86. The first-order chi connectivity index (χ1) is 6.42. The van der Waals surface area contributed by atoms with Crippen LogP contribution in [0.5, 0.6) is 0 Å². The van der Waals surface area contributed by atoms with Crippen LogP contribution in [0, 0.1) is 6.04 Å². The maximum Gasteiger partial charge on any atom is 0.130 e. The van der Waals surface area contributed by atoms with Gasteiger partial charge in [0.1, 0.15) is 6.04 Å². The molecule has 4 heteroatoms. The van der Waals surface area contributed by atoms with E-state index in [1.165, 1.54) is 9.75 Å². The maximum atomic E-state index is 5.48. The minimum Gasteiger partial charge on any atom is -0.270 e. The van der Waals surface area contributed by atoms with E-state index in [4.69, 9.17) is 5.84 Å². The van der Waals surface area contributed by atoms with Gasteiger partial charge in [-0.25, -0.2) is 5.43 Å². The van der Waals surface area contributed by atoms with E-state index >= 15 is 0 Å². The molecule has 0 saturated carbocycles. The van der Waals surface area contributed by atoms with Gasteiger partial charge >= 0.3 is 0 Å². The van der Waals surface area contributed by atoms with Gasteiger partial charge in [0.2, 0.25) is 0 Å². The molecule has 2 rings (SSSR count). The Morgan fingerprint density at radius 2 is 1.62 bits per heavy atom. The molecule has 0 unspecified atom stereocenters. The van der Waals surface area contributed by atoms with Crippen molar-refractivity contribution in [2.75, 3.05) is 0 Å². The van der Waals surface area contributed by atoms with E-state index < -0.39 is 0 Å². The van der Waals surface area contributed by atoms with Crippen molar-refractivity contribution in [3.8, 4) is 0 Å². The molecule has 0 aliphatic carbocycles. The Bertz CT molecular complexity index is 305. The third-order valence-electron chi connectivity index (χ3n) is 1.68. The summed E-state index contributed by atoms with van der Waals surface area (Å²) in [5.74, 6) is 5.48. The van der Waals surface area contributed by atoms with Crippen LogP contribution in [-0.4, -0.2) is 0 Å². The Hall–Kier alpha value is -0.680.